The molecule has 0 radical (unpaired) electrons. The van der Waals surface area contributed by atoms with Gasteiger partial charge in [0.15, 0.2) is 17.4 Å². The molecule has 0 unspecified atom stereocenters. The Bertz CT molecular complexity index is 656. The first kappa shape index (κ1) is 12.1. The van der Waals surface area contributed by atoms with Gasteiger partial charge in [0.05, 0.1) is 17.5 Å². The van der Waals surface area contributed by atoms with Crippen LogP contribution < -0.4 is 0 Å². The molecule has 4 nitrogen and oxygen atoms in total. The number of aryl methyl sites for hydroxylation is 1. The molecule has 0 saturated heterocycles. The quantitative estimate of drug-likeness (QED) is 0.786. The summed E-state index contributed by atoms with van der Waals surface area (Å²) in [5, 5.41) is 0. The zero-order valence-electron chi connectivity index (χ0n) is 11.4. The predicted molar refractivity (Wildman–Crippen MR) is 70.9 cm³/mol. The van der Waals surface area contributed by atoms with E-state index in [-0.39, 0.29) is 11.2 Å². The Balaban J connectivity index is 2.10. The average molecular weight is 256 g/mol. The van der Waals surface area contributed by atoms with Crippen molar-refractivity contribution in [3.63, 3.8) is 0 Å². The molecule has 19 heavy (non-hydrogen) atoms. The zero-order chi connectivity index (χ0) is 13.6. The van der Waals surface area contributed by atoms with Gasteiger partial charge < -0.3 is 4.42 Å². The maximum atomic E-state index is 12.1. The summed E-state index contributed by atoms with van der Waals surface area (Å²) in [5.74, 6) is 1.37. The number of aromatic nitrogens is 2. The number of rotatable bonds is 1. The minimum absolute atomic E-state index is 0.0338. The number of Topliss-reactive ketones (excluding diaryl/α,β-unsaturated/α-hetero) is 1. The van der Waals surface area contributed by atoms with Crippen LogP contribution in [0.25, 0.3) is 11.6 Å². The predicted octanol–water partition coefficient (Wildman–Crippen LogP) is 3.20. The maximum absolute atomic E-state index is 12.1. The summed E-state index contributed by atoms with van der Waals surface area (Å²) in [7, 11) is 0. The molecule has 0 fully saturated rings. The molecule has 0 saturated carbocycles. The number of furan rings is 1. The average Bonchev–Trinajstić information content (AvgIpc) is 2.73. The SMILES string of the molecule is Cc1ccoc1-c1ncc2c(n1)CC(C)(C)CC2=O. The lowest BCUT2D eigenvalue weighted by atomic mass is 9.76. The fourth-order valence-corrected chi connectivity index (χ4v) is 2.54. The van der Waals surface area contributed by atoms with Gasteiger partial charge in [-0.3, -0.25) is 4.79 Å². The molecule has 0 aromatic carbocycles. The van der Waals surface area contributed by atoms with Crippen LogP contribution in [0.5, 0.6) is 0 Å². The molecule has 1 aliphatic rings. The molecule has 2 heterocycles. The summed E-state index contributed by atoms with van der Waals surface area (Å²) in [4.78, 5) is 20.9. The van der Waals surface area contributed by atoms with Crippen molar-refractivity contribution in [2.45, 2.75) is 33.6 Å². The topological polar surface area (TPSA) is 56.0 Å². The molecule has 0 amide bonds. The van der Waals surface area contributed by atoms with Crippen LogP contribution in [-0.2, 0) is 6.42 Å². The second-order valence-electron chi connectivity index (χ2n) is 5.93. The van der Waals surface area contributed by atoms with Crippen LogP contribution in [0.15, 0.2) is 22.9 Å². The van der Waals surface area contributed by atoms with Crippen LogP contribution in [-0.4, -0.2) is 15.8 Å². The molecule has 0 aliphatic heterocycles. The highest BCUT2D eigenvalue weighted by atomic mass is 16.3. The van der Waals surface area contributed by atoms with E-state index in [1.165, 1.54) is 0 Å². The molecular formula is C15H16N2O2. The van der Waals surface area contributed by atoms with E-state index in [9.17, 15) is 4.79 Å². The molecule has 0 bridgehead atoms. The molecule has 1 aliphatic carbocycles. The molecule has 0 N–H and O–H groups in total. The molecular weight excluding hydrogens is 240 g/mol. The van der Waals surface area contributed by atoms with Crippen LogP contribution in [0.4, 0.5) is 0 Å². The van der Waals surface area contributed by atoms with E-state index < -0.39 is 0 Å². The minimum atomic E-state index is -0.0338. The van der Waals surface area contributed by atoms with Gasteiger partial charge in [-0.15, -0.1) is 0 Å². The lowest BCUT2D eigenvalue weighted by molar-refractivity contribution is 0.0909. The molecule has 3 rings (SSSR count). The van der Waals surface area contributed by atoms with E-state index >= 15 is 0 Å². The first-order chi connectivity index (χ1) is 8.96. The molecule has 98 valence electrons. The Kier molecular flexibility index (Phi) is 2.55. The Hall–Kier alpha value is -1.97. The van der Waals surface area contributed by atoms with Gasteiger partial charge in [-0.25, -0.2) is 9.97 Å². The van der Waals surface area contributed by atoms with Crippen molar-refractivity contribution in [2.75, 3.05) is 0 Å². The third-order valence-corrected chi connectivity index (χ3v) is 3.52. The van der Waals surface area contributed by atoms with Gasteiger partial charge in [-0.2, -0.15) is 0 Å². The zero-order valence-corrected chi connectivity index (χ0v) is 11.4. The van der Waals surface area contributed by atoms with E-state index in [0.717, 1.165) is 17.7 Å². The van der Waals surface area contributed by atoms with Crippen molar-refractivity contribution in [2.24, 2.45) is 5.41 Å². The van der Waals surface area contributed by atoms with Crippen molar-refractivity contribution < 1.29 is 9.21 Å². The second-order valence-corrected chi connectivity index (χ2v) is 5.93. The van der Waals surface area contributed by atoms with Gasteiger partial charge in [-0.05, 0) is 30.4 Å². The van der Waals surface area contributed by atoms with Crippen molar-refractivity contribution in [3.05, 3.63) is 35.3 Å². The maximum Gasteiger partial charge on any atom is 0.196 e. The van der Waals surface area contributed by atoms with E-state index in [4.69, 9.17) is 4.42 Å². The van der Waals surface area contributed by atoms with Crippen LogP contribution >= 0.6 is 0 Å². The van der Waals surface area contributed by atoms with Gasteiger partial charge in [-0.1, -0.05) is 13.8 Å². The number of hydrogen-bond donors (Lipinski definition) is 0. The number of hydrogen-bond acceptors (Lipinski definition) is 4. The largest absolute Gasteiger partial charge is 0.461 e. The third kappa shape index (κ3) is 2.07. The van der Waals surface area contributed by atoms with Gasteiger partial charge in [0, 0.05) is 12.6 Å². The van der Waals surface area contributed by atoms with Crippen LogP contribution in [0.2, 0.25) is 0 Å². The highest BCUT2D eigenvalue weighted by molar-refractivity contribution is 5.98. The number of carbonyl (C=O) groups excluding carboxylic acids is 1. The number of nitrogens with zero attached hydrogens (tertiary/aromatic N) is 2. The smallest absolute Gasteiger partial charge is 0.196 e. The van der Waals surface area contributed by atoms with Crippen molar-refractivity contribution >= 4 is 5.78 Å². The lowest BCUT2D eigenvalue weighted by Crippen LogP contribution is -2.28. The molecule has 0 atom stereocenters. The fourth-order valence-electron chi connectivity index (χ4n) is 2.54. The van der Waals surface area contributed by atoms with Crippen molar-refractivity contribution in [3.8, 4) is 11.6 Å². The first-order valence-electron chi connectivity index (χ1n) is 6.40. The fraction of sp³-hybridized carbons (Fsp3) is 0.400. The summed E-state index contributed by atoms with van der Waals surface area (Å²) in [5.41, 5.74) is 2.46. The normalized spacial score (nSPS) is 17.3. The van der Waals surface area contributed by atoms with Crippen LogP contribution in [0.3, 0.4) is 0 Å². The Morgan fingerprint density at radius 3 is 2.79 bits per heavy atom. The van der Waals surface area contributed by atoms with Crippen molar-refractivity contribution in [1.82, 2.24) is 9.97 Å². The van der Waals surface area contributed by atoms with E-state index in [0.29, 0.717) is 23.6 Å². The first-order valence-corrected chi connectivity index (χ1v) is 6.40. The summed E-state index contributed by atoms with van der Waals surface area (Å²) in [6.07, 6.45) is 4.62. The highest BCUT2D eigenvalue weighted by Crippen LogP contribution is 2.34. The minimum Gasteiger partial charge on any atom is -0.461 e. The molecule has 0 spiro atoms. The second kappa shape index (κ2) is 4.02. The van der Waals surface area contributed by atoms with Crippen LogP contribution in [0, 0.1) is 12.3 Å². The Morgan fingerprint density at radius 1 is 1.32 bits per heavy atom. The van der Waals surface area contributed by atoms with E-state index in [1.54, 1.807) is 12.5 Å². The van der Waals surface area contributed by atoms with E-state index in [2.05, 4.69) is 23.8 Å². The summed E-state index contributed by atoms with van der Waals surface area (Å²) in [6.45, 7) is 6.14. The van der Waals surface area contributed by atoms with Crippen LogP contribution in [0.1, 0.15) is 41.9 Å². The molecule has 2 aromatic rings. The van der Waals surface area contributed by atoms with E-state index in [1.807, 2.05) is 13.0 Å². The Labute approximate surface area is 111 Å². The number of fused-ring (bicyclic) bond motifs is 1. The third-order valence-electron chi connectivity index (χ3n) is 3.52. The summed E-state index contributed by atoms with van der Waals surface area (Å²) < 4.78 is 5.41. The standard InChI is InChI=1S/C15H16N2O2/c1-9-4-5-19-13(9)14-16-8-10-11(17-14)6-15(2,3)7-12(10)18/h4-5,8H,6-7H2,1-3H3. The van der Waals surface area contributed by atoms with Gasteiger partial charge in [0.2, 0.25) is 0 Å². The Morgan fingerprint density at radius 2 is 2.11 bits per heavy atom. The van der Waals surface area contributed by atoms with Gasteiger partial charge in [0.25, 0.3) is 0 Å². The number of carbonyl (C=O) groups is 1. The lowest BCUT2D eigenvalue weighted by Gasteiger charge is -2.29. The summed E-state index contributed by atoms with van der Waals surface area (Å²) in [6, 6.07) is 1.88. The van der Waals surface area contributed by atoms with Gasteiger partial charge in [0.1, 0.15) is 0 Å². The van der Waals surface area contributed by atoms with Gasteiger partial charge >= 0.3 is 0 Å². The monoisotopic (exact) mass is 256 g/mol. The summed E-state index contributed by atoms with van der Waals surface area (Å²) >= 11 is 0. The highest BCUT2D eigenvalue weighted by Gasteiger charge is 2.32. The molecule has 4 heteroatoms. The molecule has 2 aromatic heterocycles. The number of ketones is 1. The van der Waals surface area contributed by atoms with Crippen molar-refractivity contribution in [1.29, 1.82) is 0 Å².